The fourth-order valence-electron chi connectivity index (χ4n) is 2.07. The fraction of sp³-hybridized carbons (Fsp3) is 0.667. The molecule has 0 saturated heterocycles. The van der Waals surface area contributed by atoms with Gasteiger partial charge in [0.15, 0.2) is 0 Å². The van der Waals surface area contributed by atoms with E-state index in [-0.39, 0.29) is 5.69 Å². The highest BCUT2D eigenvalue weighted by Crippen LogP contribution is 2.50. The van der Waals surface area contributed by atoms with E-state index in [9.17, 15) is 17.6 Å². The van der Waals surface area contributed by atoms with Gasteiger partial charge in [0.2, 0.25) is 0 Å². The molecule has 0 N–H and O–H groups in total. The number of fused-ring (bicyclic) bond motifs is 1. The fourth-order valence-corrected chi connectivity index (χ4v) is 2.07. The number of hydrogen-bond donors (Lipinski definition) is 0. The van der Waals surface area contributed by atoms with E-state index in [0.717, 1.165) is 4.68 Å². The van der Waals surface area contributed by atoms with Gasteiger partial charge in [-0.3, -0.25) is 4.68 Å². The summed E-state index contributed by atoms with van der Waals surface area (Å²) in [6, 6.07) is 0. The molecule has 1 aromatic rings. The summed E-state index contributed by atoms with van der Waals surface area (Å²) in [5.41, 5.74) is -1.26. The third kappa shape index (κ3) is 1.34. The Balaban J connectivity index is 2.72. The molecule has 0 aromatic carbocycles. The molecule has 84 valence electrons. The lowest BCUT2D eigenvalue weighted by atomic mass is 9.89. The number of alkyl halides is 4. The maximum atomic E-state index is 13.4. The highest BCUT2D eigenvalue weighted by molar-refractivity contribution is 5.35. The number of aryl methyl sites for hydroxylation is 2. The Bertz CT molecular complexity index is 372. The molecule has 2 nitrogen and oxygen atoms in total. The van der Waals surface area contributed by atoms with Crippen molar-refractivity contribution < 1.29 is 17.6 Å². The van der Waals surface area contributed by atoms with Crippen LogP contribution in [0.5, 0.6) is 0 Å². The minimum absolute atomic E-state index is 0.0168. The van der Waals surface area contributed by atoms with E-state index in [1.54, 1.807) is 0 Å². The Hall–Kier alpha value is -1.07. The molecule has 0 fully saturated rings. The first kappa shape index (κ1) is 10.4. The second-order valence-corrected chi connectivity index (χ2v) is 3.84. The summed E-state index contributed by atoms with van der Waals surface area (Å²) in [5.74, 6) is -6.39. The van der Waals surface area contributed by atoms with Gasteiger partial charge in [-0.15, -0.1) is 0 Å². The van der Waals surface area contributed by atoms with Gasteiger partial charge in [-0.2, -0.15) is 13.9 Å². The number of nitrogens with zero attached hydrogens (tertiary/aromatic N) is 2. The van der Waals surface area contributed by atoms with Crippen LogP contribution in [0.3, 0.4) is 0 Å². The molecule has 1 aliphatic rings. The monoisotopic (exact) mass is 222 g/mol. The molecule has 0 saturated carbocycles. The van der Waals surface area contributed by atoms with E-state index in [2.05, 4.69) is 5.10 Å². The van der Waals surface area contributed by atoms with Gasteiger partial charge in [-0.05, 0) is 6.92 Å². The molecular weight excluding hydrogens is 212 g/mol. The topological polar surface area (TPSA) is 17.8 Å². The quantitative estimate of drug-likeness (QED) is 0.617. The van der Waals surface area contributed by atoms with E-state index in [4.69, 9.17) is 0 Å². The van der Waals surface area contributed by atoms with Gasteiger partial charge in [0.25, 0.3) is 11.8 Å². The normalized spacial score (nSPS) is 22.5. The van der Waals surface area contributed by atoms with Crippen LogP contribution in [0, 0.1) is 6.92 Å². The molecule has 0 radical (unpaired) electrons. The summed E-state index contributed by atoms with van der Waals surface area (Å²) in [6.07, 6.45) is -1.65. The van der Waals surface area contributed by atoms with Gasteiger partial charge < -0.3 is 0 Å². The van der Waals surface area contributed by atoms with Crippen LogP contribution in [0.15, 0.2) is 0 Å². The maximum Gasteiger partial charge on any atom is 0.290 e. The number of aromatic nitrogens is 2. The van der Waals surface area contributed by atoms with Crippen molar-refractivity contribution in [2.45, 2.75) is 31.6 Å². The van der Waals surface area contributed by atoms with Gasteiger partial charge in [-0.25, -0.2) is 8.78 Å². The SMILES string of the molecule is Cc1nn(C)c2c1C(F)(F)CCC2(F)F. The summed E-state index contributed by atoms with van der Waals surface area (Å²) in [5, 5.41) is 3.64. The van der Waals surface area contributed by atoms with Crippen LogP contribution in [-0.4, -0.2) is 9.78 Å². The molecule has 0 bridgehead atoms. The van der Waals surface area contributed by atoms with Crippen molar-refractivity contribution in [3.05, 3.63) is 17.0 Å². The van der Waals surface area contributed by atoms with Gasteiger partial charge in [0.05, 0.1) is 11.3 Å². The van der Waals surface area contributed by atoms with E-state index < -0.39 is 35.9 Å². The molecule has 0 aliphatic heterocycles. The highest BCUT2D eigenvalue weighted by Gasteiger charge is 2.52. The predicted molar refractivity (Wildman–Crippen MR) is 45.0 cm³/mol. The van der Waals surface area contributed by atoms with Gasteiger partial charge in [0.1, 0.15) is 5.69 Å². The molecule has 1 heterocycles. The summed E-state index contributed by atoms with van der Waals surface area (Å²) >= 11 is 0. The Labute approximate surface area is 83.9 Å². The molecule has 0 spiro atoms. The lowest BCUT2D eigenvalue weighted by Gasteiger charge is -2.29. The molecule has 1 aromatic heterocycles. The number of hydrogen-bond acceptors (Lipinski definition) is 1. The standard InChI is InChI=1S/C9H10F4N2/c1-5-6-7(15(2)14-5)9(12,13)4-3-8(6,10)11/h3-4H2,1-2H3. The third-order valence-corrected chi connectivity index (χ3v) is 2.69. The average molecular weight is 222 g/mol. The summed E-state index contributed by atoms with van der Waals surface area (Å²) in [4.78, 5) is 0. The van der Waals surface area contributed by atoms with E-state index in [1.807, 2.05) is 0 Å². The zero-order valence-corrected chi connectivity index (χ0v) is 8.32. The highest BCUT2D eigenvalue weighted by atomic mass is 19.3. The molecule has 1 aliphatic carbocycles. The summed E-state index contributed by atoms with van der Waals surface area (Å²) in [6.45, 7) is 1.33. The van der Waals surface area contributed by atoms with Crippen LogP contribution in [-0.2, 0) is 18.9 Å². The van der Waals surface area contributed by atoms with Gasteiger partial charge in [0, 0.05) is 19.9 Å². The van der Waals surface area contributed by atoms with Crippen molar-refractivity contribution in [2.24, 2.45) is 7.05 Å². The van der Waals surface area contributed by atoms with Gasteiger partial charge >= 0.3 is 0 Å². The molecule has 0 unspecified atom stereocenters. The average Bonchev–Trinajstić information content (AvgIpc) is 2.38. The first-order valence-corrected chi connectivity index (χ1v) is 4.56. The van der Waals surface area contributed by atoms with Crippen LogP contribution in [0.4, 0.5) is 17.6 Å². The molecule has 15 heavy (non-hydrogen) atoms. The molecule has 0 amide bonds. The summed E-state index contributed by atoms with van der Waals surface area (Å²) < 4.78 is 54.6. The van der Waals surface area contributed by atoms with E-state index >= 15 is 0 Å². The smallest absolute Gasteiger partial charge is 0.266 e. The van der Waals surface area contributed by atoms with Crippen LogP contribution >= 0.6 is 0 Å². The van der Waals surface area contributed by atoms with Crippen LogP contribution < -0.4 is 0 Å². The van der Waals surface area contributed by atoms with Crippen LogP contribution in [0.1, 0.15) is 29.8 Å². The van der Waals surface area contributed by atoms with Crippen molar-refractivity contribution in [3.63, 3.8) is 0 Å². The van der Waals surface area contributed by atoms with E-state index in [1.165, 1.54) is 14.0 Å². The molecule has 6 heteroatoms. The Morgan fingerprint density at radius 1 is 1.13 bits per heavy atom. The summed E-state index contributed by atoms with van der Waals surface area (Å²) in [7, 11) is 1.27. The lowest BCUT2D eigenvalue weighted by molar-refractivity contribution is -0.0999. The van der Waals surface area contributed by atoms with Crippen molar-refractivity contribution in [3.8, 4) is 0 Å². The minimum Gasteiger partial charge on any atom is -0.266 e. The van der Waals surface area contributed by atoms with Crippen molar-refractivity contribution >= 4 is 0 Å². The second-order valence-electron chi connectivity index (χ2n) is 3.84. The molecule has 2 rings (SSSR count). The first-order chi connectivity index (χ1) is 6.76. The largest absolute Gasteiger partial charge is 0.290 e. The third-order valence-electron chi connectivity index (χ3n) is 2.69. The Morgan fingerprint density at radius 2 is 1.67 bits per heavy atom. The Kier molecular flexibility index (Phi) is 1.91. The lowest BCUT2D eigenvalue weighted by Crippen LogP contribution is -2.31. The predicted octanol–water partition coefficient (Wildman–Crippen LogP) is 2.71. The second kappa shape index (κ2) is 2.74. The maximum absolute atomic E-state index is 13.4. The molecular formula is C9H10F4N2. The van der Waals surface area contributed by atoms with Gasteiger partial charge in [-0.1, -0.05) is 0 Å². The number of halogens is 4. The molecule has 0 atom stereocenters. The van der Waals surface area contributed by atoms with Crippen molar-refractivity contribution in [1.29, 1.82) is 0 Å². The zero-order chi connectivity index (χ0) is 11.4. The van der Waals surface area contributed by atoms with Crippen LogP contribution in [0.2, 0.25) is 0 Å². The van der Waals surface area contributed by atoms with Crippen molar-refractivity contribution in [2.75, 3.05) is 0 Å². The van der Waals surface area contributed by atoms with Crippen molar-refractivity contribution in [1.82, 2.24) is 9.78 Å². The first-order valence-electron chi connectivity index (χ1n) is 4.56. The van der Waals surface area contributed by atoms with Crippen LogP contribution in [0.25, 0.3) is 0 Å². The number of rotatable bonds is 0. The minimum atomic E-state index is -3.20. The van der Waals surface area contributed by atoms with E-state index in [0.29, 0.717) is 0 Å². The zero-order valence-electron chi connectivity index (χ0n) is 8.32. The Morgan fingerprint density at radius 3 is 2.20 bits per heavy atom.